The lowest BCUT2D eigenvalue weighted by atomic mass is 9.96. The molecule has 3 heterocycles. The van der Waals surface area contributed by atoms with Crippen molar-refractivity contribution < 1.29 is 0 Å². The molecular weight excluding hydrogens is 438 g/mol. The van der Waals surface area contributed by atoms with Crippen LogP contribution in [0.2, 0.25) is 0 Å². The second-order valence-corrected chi connectivity index (χ2v) is 8.87. The molecule has 0 radical (unpaired) electrons. The molecule has 2 aromatic heterocycles. The van der Waals surface area contributed by atoms with Crippen molar-refractivity contribution in [3.63, 3.8) is 0 Å². The molecule has 0 spiro atoms. The molecule has 34 heavy (non-hydrogen) atoms. The number of thiazole rings is 1. The Morgan fingerprint density at radius 3 is 2.35 bits per heavy atom. The largest absolute Gasteiger partial charge is 0.348 e. The molecule has 0 bridgehead atoms. The maximum absolute atomic E-state index is 4.93. The molecule has 0 aliphatic carbocycles. The van der Waals surface area contributed by atoms with E-state index in [4.69, 9.17) is 15.0 Å². The Balaban J connectivity index is 0.00000137. The molecule has 1 saturated heterocycles. The van der Waals surface area contributed by atoms with Crippen molar-refractivity contribution in [2.24, 2.45) is 4.99 Å². The molecule has 0 atom stereocenters. The van der Waals surface area contributed by atoms with Crippen LogP contribution >= 0.6 is 11.3 Å². The van der Waals surface area contributed by atoms with Gasteiger partial charge in [0.1, 0.15) is 5.00 Å². The zero-order valence-corrected chi connectivity index (χ0v) is 23.9. The quantitative estimate of drug-likeness (QED) is 0.430. The Bertz CT molecular complexity index is 981. The second kappa shape index (κ2) is 14.8. The summed E-state index contributed by atoms with van der Waals surface area (Å²) >= 11 is 1.66. The Morgan fingerprint density at radius 1 is 1.18 bits per heavy atom. The number of aliphatic imine (C=N–C) groups is 1. The minimum absolute atomic E-state index is 0.538. The summed E-state index contributed by atoms with van der Waals surface area (Å²) in [5.74, 6) is 0. The van der Waals surface area contributed by atoms with E-state index in [-0.39, 0.29) is 0 Å². The predicted octanol–water partition coefficient (Wildman–Crippen LogP) is 7.60. The Morgan fingerprint density at radius 2 is 1.79 bits per heavy atom. The zero-order chi connectivity index (χ0) is 25.8. The molecule has 0 saturated carbocycles. The SMILES string of the molecule is C=Cc1c(/C(C)=C/C)cnc(/C(C)=N/c2sc(N(C)C3CCNCC3)nc2C)c1C.CC.CC. The number of aromatic nitrogens is 2. The van der Waals surface area contributed by atoms with Crippen LogP contribution in [0.4, 0.5) is 10.1 Å². The van der Waals surface area contributed by atoms with Crippen LogP contribution in [0, 0.1) is 13.8 Å². The van der Waals surface area contributed by atoms with Crippen LogP contribution < -0.4 is 10.2 Å². The first-order valence-electron chi connectivity index (χ1n) is 12.6. The van der Waals surface area contributed by atoms with Gasteiger partial charge in [0.25, 0.3) is 0 Å². The van der Waals surface area contributed by atoms with Crippen molar-refractivity contribution in [3.8, 4) is 0 Å². The third kappa shape index (κ3) is 7.09. The number of piperidine rings is 1. The molecule has 1 fully saturated rings. The summed E-state index contributed by atoms with van der Waals surface area (Å²) in [4.78, 5) is 16.8. The van der Waals surface area contributed by atoms with Gasteiger partial charge in [0.2, 0.25) is 0 Å². The average molecular weight is 484 g/mol. The molecule has 1 aliphatic rings. The summed E-state index contributed by atoms with van der Waals surface area (Å²) in [5.41, 5.74) is 7.35. The standard InChI is InChI=1S/C24H33N5S.2C2H6/c1-8-15(3)21-14-26-22(16(4)20(21)9-2)17(5)27-23-18(6)28-24(30-23)29(7)19-10-12-25-13-11-19;2*1-2/h8-9,14,19,25H,2,10-13H2,1,3-7H3;2*1-2H3/b15-8+,27-17+;;. The lowest BCUT2D eigenvalue weighted by Gasteiger charge is -2.31. The van der Waals surface area contributed by atoms with Gasteiger partial charge < -0.3 is 10.2 Å². The minimum Gasteiger partial charge on any atom is -0.348 e. The second-order valence-electron chi connectivity index (χ2n) is 7.91. The highest BCUT2D eigenvalue weighted by Crippen LogP contribution is 2.35. The summed E-state index contributed by atoms with van der Waals surface area (Å²) < 4.78 is 0. The molecule has 5 nitrogen and oxygen atoms in total. The maximum atomic E-state index is 4.93. The van der Waals surface area contributed by atoms with Gasteiger partial charge in [-0.25, -0.2) is 9.98 Å². The fourth-order valence-electron chi connectivity index (χ4n) is 3.91. The molecule has 2 aromatic rings. The molecule has 3 rings (SSSR count). The van der Waals surface area contributed by atoms with Crippen molar-refractivity contribution >= 4 is 38.8 Å². The van der Waals surface area contributed by atoms with E-state index < -0.39 is 0 Å². The van der Waals surface area contributed by atoms with E-state index >= 15 is 0 Å². The highest BCUT2D eigenvalue weighted by molar-refractivity contribution is 7.19. The monoisotopic (exact) mass is 483 g/mol. The number of allylic oxidation sites excluding steroid dienone is 2. The van der Waals surface area contributed by atoms with Crippen molar-refractivity contribution in [2.75, 3.05) is 25.0 Å². The molecule has 0 amide bonds. The topological polar surface area (TPSA) is 53.4 Å². The summed E-state index contributed by atoms with van der Waals surface area (Å²) in [5, 5.41) is 5.43. The van der Waals surface area contributed by atoms with Crippen LogP contribution in [0.5, 0.6) is 0 Å². The Hall–Kier alpha value is -2.31. The van der Waals surface area contributed by atoms with E-state index in [9.17, 15) is 0 Å². The number of hydrogen-bond acceptors (Lipinski definition) is 6. The smallest absolute Gasteiger partial charge is 0.187 e. The Labute approximate surface area is 212 Å². The third-order valence-corrected chi connectivity index (χ3v) is 7.11. The van der Waals surface area contributed by atoms with Gasteiger partial charge in [-0.05, 0) is 77.2 Å². The van der Waals surface area contributed by atoms with Crippen LogP contribution in [0.15, 0.2) is 23.8 Å². The van der Waals surface area contributed by atoms with E-state index in [1.165, 1.54) is 5.57 Å². The fraction of sp³-hybridized carbons (Fsp3) is 0.536. The molecule has 1 aliphatic heterocycles. The Kier molecular flexibility index (Phi) is 13.0. The molecule has 6 heteroatoms. The molecule has 0 aromatic carbocycles. The van der Waals surface area contributed by atoms with Crippen molar-refractivity contribution in [2.45, 2.75) is 81.2 Å². The number of nitrogens with zero attached hydrogens (tertiary/aromatic N) is 4. The lowest BCUT2D eigenvalue weighted by molar-refractivity contribution is 0.443. The first-order chi connectivity index (χ1) is 16.4. The number of nitrogens with one attached hydrogen (secondary N) is 1. The van der Waals surface area contributed by atoms with Crippen molar-refractivity contribution in [3.05, 3.63) is 46.9 Å². The van der Waals surface area contributed by atoms with Gasteiger partial charge in [-0.3, -0.25) is 4.98 Å². The predicted molar refractivity (Wildman–Crippen MR) is 154 cm³/mol. The van der Waals surface area contributed by atoms with E-state index in [2.05, 4.69) is 43.8 Å². The minimum atomic E-state index is 0.538. The van der Waals surface area contributed by atoms with Crippen molar-refractivity contribution in [1.82, 2.24) is 15.3 Å². The van der Waals surface area contributed by atoms with E-state index in [1.807, 2.05) is 60.7 Å². The highest BCUT2D eigenvalue weighted by atomic mass is 32.1. The first-order valence-corrected chi connectivity index (χ1v) is 13.4. The summed E-state index contributed by atoms with van der Waals surface area (Å²) in [6, 6.07) is 0.538. The number of aryl methyl sites for hydroxylation is 1. The number of rotatable bonds is 6. The van der Waals surface area contributed by atoms with Gasteiger partial charge >= 0.3 is 0 Å². The molecule has 1 N–H and O–H groups in total. The number of pyridine rings is 1. The maximum Gasteiger partial charge on any atom is 0.187 e. The lowest BCUT2D eigenvalue weighted by Crippen LogP contribution is -2.41. The normalized spacial score (nSPS) is 14.5. The molecule has 188 valence electrons. The van der Waals surface area contributed by atoms with Crippen LogP contribution in [0.3, 0.4) is 0 Å². The summed E-state index contributed by atoms with van der Waals surface area (Å²) in [6.07, 6.45) is 8.26. The van der Waals surface area contributed by atoms with Gasteiger partial charge in [-0.2, -0.15) is 0 Å². The highest BCUT2D eigenvalue weighted by Gasteiger charge is 2.21. The third-order valence-electron chi connectivity index (χ3n) is 5.97. The van der Waals surface area contributed by atoms with Crippen LogP contribution in [-0.2, 0) is 0 Å². The summed E-state index contributed by atoms with van der Waals surface area (Å²) in [6.45, 7) is 24.5. The zero-order valence-electron chi connectivity index (χ0n) is 23.0. The van der Waals surface area contributed by atoms with Gasteiger partial charge in [0.05, 0.1) is 17.1 Å². The average Bonchev–Trinajstić information content (AvgIpc) is 3.25. The first kappa shape index (κ1) is 29.7. The van der Waals surface area contributed by atoms with Gasteiger partial charge in [-0.1, -0.05) is 57.8 Å². The van der Waals surface area contributed by atoms with Gasteiger partial charge in [0.15, 0.2) is 5.13 Å². The fourth-order valence-corrected chi connectivity index (χ4v) is 4.93. The van der Waals surface area contributed by atoms with Crippen LogP contribution in [-0.4, -0.2) is 41.9 Å². The van der Waals surface area contributed by atoms with Gasteiger partial charge in [-0.15, -0.1) is 0 Å². The molecular formula is C28H45N5S. The van der Waals surface area contributed by atoms with Gasteiger partial charge in [0, 0.05) is 24.8 Å². The van der Waals surface area contributed by atoms with Crippen LogP contribution in [0.1, 0.15) is 89.4 Å². The van der Waals surface area contributed by atoms with E-state index in [0.717, 1.165) is 69.9 Å². The van der Waals surface area contributed by atoms with Crippen molar-refractivity contribution in [1.29, 1.82) is 0 Å². The number of anilines is 1. The van der Waals surface area contributed by atoms with E-state index in [0.29, 0.717) is 6.04 Å². The number of hydrogen-bond donors (Lipinski definition) is 1. The van der Waals surface area contributed by atoms with E-state index in [1.54, 1.807) is 11.3 Å². The molecule has 0 unspecified atom stereocenters. The summed E-state index contributed by atoms with van der Waals surface area (Å²) in [7, 11) is 2.15. The van der Waals surface area contributed by atoms with Crippen LogP contribution in [0.25, 0.3) is 11.6 Å².